The van der Waals surface area contributed by atoms with Gasteiger partial charge in [0, 0.05) is 39.3 Å². The van der Waals surface area contributed by atoms with Crippen LogP contribution in [0.15, 0.2) is 4.99 Å². The van der Waals surface area contributed by atoms with Crippen molar-refractivity contribution in [3.63, 3.8) is 0 Å². The van der Waals surface area contributed by atoms with Crippen molar-refractivity contribution in [1.29, 1.82) is 0 Å². The summed E-state index contributed by atoms with van der Waals surface area (Å²) >= 11 is 0. The van der Waals surface area contributed by atoms with E-state index < -0.39 is 0 Å². The van der Waals surface area contributed by atoms with E-state index >= 15 is 0 Å². The summed E-state index contributed by atoms with van der Waals surface area (Å²) in [4.78, 5) is 7.24. The predicted molar refractivity (Wildman–Crippen MR) is 113 cm³/mol. The van der Waals surface area contributed by atoms with Gasteiger partial charge in [0.05, 0.1) is 0 Å². The van der Waals surface area contributed by atoms with Gasteiger partial charge in [-0.1, -0.05) is 13.8 Å². The Morgan fingerprint density at radius 1 is 1.28 bits per heavy atom. The third-order valence-corrected chi connectivity index (χ3v) is 4.46. The highest BCUT2D eigenvalue weighted by atomic mass is 127. The molecule has 7 nitrogen and oxygen atoms in total. The van der Waals surface area contributed by atoms with Crippen LogP contribution in [0.1, 0.15) is 45.3 Å². The minimum absolute atomic E-state index is 0. The molecular weight excluding hydrogens is 429 g/mol. The van der Waals surface area contributed by atoms with Crippen LogP contribution in [0.4, 0.5) is 0 Å². The van der Waals surface area contributed by atoms with E-state index in [1.807, 2.05) is 18.5 Å². The van der Waals surface area contributed by atoms with Gasteiger partial charge in [0.25, 0.3) is 0 Å². The third kappa shape index (κ3) is 7.08. The Hall–Kier alpha value is -0.900. The summed E-state index contributed by atoms with van der Waals surface area (Å²) in [5.41, 5.74) is 0. The van der Waals surface area contributed by atoms with Gasteiger partial charge in [0.15, 0.2) is 11.8 Å². The topological polar surface area (TPSA) is 70.4 Å². The molecule has 1 aliphatic rings. The molecule has 0 spiro atoms. The number of nitrogens with zero attached hydrogens (tertiary/aromatic N) is 5. The fourth-order valence-corrected chi connectivity index (χ4v) is 3.03. The first kappa shape index (κ1) is 22.1. The molecule has 0 saturated carbocycles. The number of nitrogens with one attached hydrogen (secondary N) is 2. The Balaban J connectivity index is 0.00000312. The number of guanidine groups is 1. The molecule has 8 heteroatoms. The molecule has 0 unspecified atom stereocenters. The molecule has 144 valence electrons. The number of likely N-dealkylation sites (tertiary alicyclic amines) is 1. The van der Waals surface area contributed by atoms with Gasteiger partial charge in [0.2, 0.25) is 0 Å². The molecule has 0 atom stereocenters. The van der Waals surface area contributed by atoms with Crippen molar-refractivity contribution in [3.05, 3.63) is 11.6 Å². The standard InChI is InChI=1S/C17H33N7.HI/c1-6-18-17(19-11-16-22-21-14(4)23(16)5)20-15-7-9-24(10-8-15)12-13(2)3;/h13,15H,6-12H2,1-5H3,(H2,18,19,20);1H. The van der Waals surface area contributed by atoms with Crippen LogP contribution < -0.4 is 10.6 Å². The van der Waals surface area contributed by atoms with Crippen LogP contribution in [0, 0.1) is 12.8 Å². The van der Waals surface area contributed by atoms with Crippen molar-refractivity contribution in [2.24, 2.45) is 18.0 Å². The summed E-state index contributed by atoms with van der Waals surface area (Å²) in [7, 11) is 1.98. The highest BCUT2D eigenvalue weighted by Gasteiger charge is 2.20. The molecule has 1 aromatic heterocycles. The lowest BCUT2D eigenvalue weighted by Crippen LogP contribution is -2.49. The van der Waals surface area contributed by atoms with Gasteiger partial charge in [-0.3, -0.25) is 0 Å². The average Bonchev–Trinajstić information content (AvgIpc) is 2.86. The summed E-state index contributed by atoms with van der Waals surface area (Å²) in [5.74, 6) is 3.41. The van der Waals surface area contributed by atoms with Gasteiger partial charge in [-0.15, -0.1) is 34.2 Å². The zero-order chi connectivity index (χ0) is 17.5. The Labute approximate surface area is 169 Å². The van der Waals surface area contributed by atoms with E-state index in [1.165, 1.54) is 19.4 Å². The molecule has 0 amide bonds. The molecule has 2 heterocycles. The Kier molecular flexibility index (Phi) is 9.70. The largest absolute Gasteiger partial charge is 0.357 e. The van der Waals surface area contributed by atoms with E-state index in [0.29, 0.717) is 12.6 Å². The SMILES string of the molecule is CCNC(=NCc1nnc(C)n1C)NC1CCN(CC(C)C)CC1.I. The molecule has 1 fully saturated rings. The Morgan fingerprint density at radius 3 is 2.48 bits per heavy atom. The second-order valence-corrected chi connectivity index (χ2v) is 7.03. The van der Waals surface area contributed by atoms with Crippen molar-refractivity contribution in [2.45, 2.75) is 53.1 Å². The van der Waals surface area contributed by atoms with Crippen LogP contribution in [0.25, 0.3) is 0 Å². The molecule has 0 aromatic carbocycles. The molecule has 0 radical (unpaired) electrons. The number of aryl methyl sites for hydroxylation is 1. The minimum atomic E-state index is 0. The van der Waals surface area contributed by atoms with Crippen LogP contribution in [0.2, 0.25) is 0 Å². The van der Waals surface area contributed by atoms with Crippen molar-refractivity contribution in [1.82, 2.24) is 30.3 Å². The van der Waals surface area contributed by atoms with Gasteiger partial charge in [0.1, 0.15) is 12.4 Å². The number of rotatable bonds is 6. The molecule has 0 aliphatic carbocycles. The number of hydrogen-bond acceptors (Lipinski definition) is 4. The average molecular weight is 463 g/mol. The van der Waals surface area contributed by atoms with Gasteiger partial charge >= 0.3 is 0 Å². The van der Waals surface area contributed by atoms with Crippen molar-refractivity contribution in [2.75, 3.05) is 26.2 Å². The normalized spacial score (nSPS) is 16.8. The van der Waals surface area contributed by atoms with Crippen LogP contribution in [0.5, 0.6) is 0 Å². The van der Waals surface area contributed by atoms with Crippen molar-refractivity contribution < 1.29 is 0 Å². The number of aliphatic imine (C=N–C) groups is 1. The third-order valence-electron chi connectivity index (χ3n) is 4.46. The monoisotopic (exact) mass is 463 g/mol. The molecule has 0 bridgehead atoms. The van der Waals surface area contributed by atoms with Gasteiger partial charge in [-0.25, -0.2) is 4.99 Å². The highest BCUT2D eigenvalue weighted by Crippen LogP contribution is 2.12. The lowest BCUT2D eigenvalue weighted by molar-refractivity contribution is 0.187. The summed E-state index contributed by atoms with van der Waals surface area (Å²) in [5, 5.41) is 15.2. The van der Waals surface area contributed by atoms with Crippen molar-refractivity contribution >= 4 is 29.9 Å². The van der Waals surface area contributed by atoms with Crippen LogP contribution in [-0.4, -0.2) is 57.8 Å². The summed E-state index contributed by atoms with van der Waals surface area (Å²) in [6.07, 6.45) is 2.33. The zero-order valence-corrected chi connectivity index (χ0v) is 18.6. The van der Waals surface area contributed by atoms with E-state index in [-0.39, 0.29) is 24.0 Å². The maximum absolute atomic E-state index is 4.68. The highest BCUT2D eigenvalue weighted by molar-refractivity contribution is 14.0. The fourth-order valence-electron chi connectivity index (χ4n) is 3.03. The maximum Gasteiger partial charge on any atom is 0.191 e. The first-order valence-corrected chi connectivity index (χ1v) is 9.11. The molecular formula is C17H34IN7. The van der Waals surface area contributed by atoms with Gasteiger partial charge in [-0.2, -0.15) is 0 Å². The molecule has 25 heavy (non-hydrogen) atoms. The maximum atomic E-state index is 4.68. The molecule has 1 saturated heterocycles. The Bertz CT molecular complexity index is 533. The van der Waals surface area contributed by atoms with Gasteiger partial charge < -0.3 is 20.1 Å². The number of piperidine rings is 1. The number of hydrogen-bond donors (Lipinski definition) is 2. The number of aromatic nitrogens is 3. The summed E-state index contributed by atoms with van der Waals surface area (Å²) in [6.45, 7) is 13.5. The Morgan fingerprint density at radius 2 is 1.96 bits per heavy atom. The summed E-state index contributed by atoms with van der Waals surface area (Å²) in [6, 6.07) is 0.493. The van der Waals surface area contributed by atoms with Crippen molar-refractivity contribution in [3.8, 4) is 0 Å². The second-order valence-electron chi connectivity index (χ2n) is 7.03. The first-order valence-electron chi connectivity index (χ1n) is 9.11. The smallest absolute Gasteiger partial charge is 0.191 e. The second kappa shape index (κ2) is 10.9. The van der Waals surface area contributed by atoms with E-state index in [1.54, 1.807) is 0 Å². The zero-order valence-electron chi connectivity index (χ0n) is 16.2. The molecule has 2 rings (SSSR count). The van der Waals surface area contributed by atoms with Crippen LogP contribution in [0.3, 0.4) is 0 Å². The van der Waals surface area contributed by atoms with E-state index in [0.717, 1.165) is 43.2 Å². The first-order chi connectivity index (χ1) is 11.5. The fraction of sp³-hybridized carbons (Fsp3) is 0.824. The lowest BCUT2D eigenvalue weighted by Gasteiger charge is -2.34. The van der Waals surface area contributed by atoms with Gasteiger partial charge in [-0.05, 0) is 32.6 Å². The van der Waals surface area contributed by atoms with Crippen LogP contribution in [-0.2, 0) is 13.6 Å². The quantitative estimate of drug-likeness (QED) is 0.383. The van der Waals surface area contributed by atoms with Crippen LogP contribution >= 0.6 is 24.0 Å². The summed E-state index contributed by atoms with van der Waals surface area (Å²) < 4.78 is 1.98. The number of halogens is 1. The molecule has 1 aromatic rings. The molecule has 2 N–H and O–H groups in total. The van der Waals surface area contributed by atoms with E-state index in [2.05, 4.69) is 51.5 Å². The van der Waals surface area contributed by atoms with E-state index in [9.17, 15) is 0 Å². The predicted octanol–water partition coefficient (Wildman–Crippen LogP) is 1.92. The lowest BCUT2D eigenvalue weighted by atomic mass is 10.0. The minimum Gasteiger partial charge on any atom is -0.357 e. The molecule has 1 aliphatic heterocycles. The van der Waals surface area contributed by atoms with E-state index in [4.69, 9.17) is 0 Å².